The Morgan fingerprint density at radius 1 is 1.60 bits per heavy atom. The van der Waals surface area contributed by atoms with Crippen molar-refractivity contribution < 1.29 is 0 Å². The van der Waals surface area contributed by atoms with Crippen molar-refractivity contribution in [2.75, 3.05) is 27.2 Å². The number of rotatable bonds is 5. The highest BCUT2D eigenvalue weighted by Crippen LogP contribution is 2.22. The van der Waals surface area contributed by atoms with Gasteiger partial charge in [-0.05, 0) is 39.9 Å². The molecule has 0 amide bonds. The summed E-state index contributed by atoms with van der Waals surface area (Å²) >= 11 is 5.14. The van der Waals surface area contributed by atoms with Gasteiger partial charge in [0.2, 0.25) is 0 Å². The van der Waals surface area contributed by atoms with E-state index in [-0.39, 0.29) is 0 Å². The molecular weight excluding hydrogens is 206 g/mol. The number of thiocarbonyl (C=S) groups is 1. The molecule has 1 aliphatic heterocycles. The van der Waals surface area contributed by atoms with E-state index in [9.17, 15) is 0 Å². The van der Waals surface area contributed by atoms with Gasteiger partial charge in [-0.1, -0.05) is 19.1 Å². The highest BCUT2D eigenvalue weighted by Gasteiger charge is 2.31. The Bertz CT molecular complexity index is 218. The largest absolute Gasteiger partial charge is 0.392 e. The maximum atomic E-state index is 5.80. The second-order valence-electron chi connectivity index (χ2n) is 4.62. The average Bonchev–Trinajstić information content (AvgIpc) is 2.53. The van der Waals surface area contributed by atoms with Crippen LogP contribution in [0, 0.1) is 0 Å². The molecule has 4 heteroatoms. The number of nitrogens with zero attached hydrogens (tertiary/aromatic N) is 2. The lowest BCUT2D eigenvalue weighted by Gasteiger charge is -2.33. The van der Waals surface area contributed by atoms with Crippen LogP contribution >= 0.6 is 12.2 Å². The number of likely N-dealkylation sites (tertiary alicyclic amines) is 1. The second kappa shape index (κ2) is 5.77. The fraction of sp³-hybridized carbons (Fsp3) is 0.909. The van der Waals surface area contributed by atoms with E-state index in [0.717, 1.165) is 19.5 Å². The van der Waals surface area contributed by atoms with Gasteiger partial charge >= 0.3 is 0 Å². The van der Waals surface area contributed by atoms with E-state index in [1.165, 1.54) is 12.8 Å². The van der Waals surface area contributed by atoms with Gasteiger partial charge in [-0.3, -0.25) is 4.90 Å². The minimum atomic E-state index is 0.299. The molecule has 1 aliphatic rings. The van der Waals surface area contributed by atoms with Crippen molar-refractivity contribution in [3.63, 3.8) is 0 Å². The smallest absolute Gasteiger partial charge is 0.0902 e. The third-order valence-electron chi connectivity index (χ3n) is 3.11. The van der Waals surface area contributed by atoms with Crippen LogP contribution in [0.4, 0.5) is 0 Å². The topological polar surface area (TPSA) is 32.5 Å². The molecule has 0 aromatic rings. The third kappa shape index (κ3) is 3.40. The first-order chi connectivity index (χ1) is 7.06. The molecule has 1 fully saturated rings. The van der Waals surface area contributed by atoms with Gasteiger partial charge in [0, 0.05) is 12.6 Å². The summed E-state index contributed by atoms with van der Waals surface area (Å²) in [5, 5.41) is 0. The number of nitrogens with two attached hydrogens (primary N) is 1. The van der Waals surface area contributed by atoms with Gasteiger partial charge in [-0.2, -0.15) is 0 Å². The lowest BCUT2D eigenvalue weighted by atomic mass is 10.1. The lowest BCUT2D eigenvalue weighted by molar-refractivity contribution is 0.183. The van der Waals surface area contributed by atoms with Crippen molar-refractivity contribution in [3.05, 3.63) is 0 Å². The normalized spacial score (nSPS) is 24.7. The van der Waals surface area contributed by atoms with Crippen LogP contribution in [0.5, 0.6) is 0 Å². The van der Waals surface area contributed by atoms with Crippen molar-refractivity contribution in [2.24, 2.45) is 5.73 Å². The maximum absolute atomic E-state index is 5.80. The summed E-state index contributed by atoms with van der Waals surface area (Å²) in [6, 6.07) is 0.930. The average molecular weight is 229 g/mol. The fourth-order valence-corrected chi connectivity index (χ4v) is 2.79. The zero-order valence-electron chi connectivity index (χ0n) is 10.1. The van der Waals surface area contributed by atoms with Gasteiger partial charge in [0.1, 0.15) is 0 Å². The second-order valence-corrected chi connectivity index (χ2v) is 5.09. The molecule has 1 saturated heterocycles. The first-order valence-corrected chi connectivity index (χ1v) is 6.16. The van der Waals surface area contributed by atoms with Gasteiger partial charge in [0.05, 0.1) is 11.0 Å². The Balaban J connectivity index is 2.61. The molecule has 0 spiro atoms. The van der Waals surface area contributed by atoms with Crippen molar-refractivity contribution in [3.8, 4) is 0 Å². The van der Waals surface area contributed by atoms with Crippen molar-refractivity contribution in [2.45, 2.75) is 38.3 Å². The Hall–Kier alpha value is -0.190. The SMILES string of the molecule is CCC(C(N)=S)N1CCCC1CN(C)C. The zero-order valence-corrected chi connectivity index (χ0v) is 10.9. The first kappa shape index (κ1) is 12.9. The fourth-order valence-electron chi connectivity index (χ4n) is 2.48. The molecule has 2 unspecified atom stereocenters. The summed E-state index contributed by atoms with van der Waals surface area (Å²) in [5.74, 6) is 0. The van der Waals surface area contributed by atoms with E-state index in [2.05, 4.69) is 30.8 Å². The van der Waals surface area contributed by atoms with Gasteiger partial charge in [-0.25, -0.2) is 0 Å². The summed E-state index contributed by atoms with van der Waals surface area (Å²) in [6.07, 6.45) is 3.58. The Kier molecular flexibility index (Phi) is 4.96. The van der Waals surface area contributed by atoms with Crippen LogP contribution in [-0.4, -0.2) is 54.1 Å². The highest BCUT2D eigenvalue weighted by atomic mass is 32.1. The van der Waals surface area contributed by atoms with Crippen LogP contribution in [0.2, 0.25) is 0 Å². The van der Waals surface area contributed by atoms with Gasteiger partial charge < -0.3 is 10.6 Å². The minimum absolute atomic E-state index is 0.299. The summed E-state index contributed by atoms with van der Waals surface area (Å²) in [7, 11) is 4.25. The van der Waals surface area contributed by atoms with Crippen LogP contribution in [-0.2, 0) is 0 Å². The number of hydrogen-bond acceptors (Lipinski definition) is 3. The van der Waals surface area contributed by atoms with Gasteiger partial charge in [0.15, 0.2) is 0 Å². The molecule has 3 nitrogen and oxygen atoms in total. The van der Waals surface area contributed by atoms with E-state index >= 15 is 0 Å². The van der Waals surface area contributed by atoms with Crippen molar-refractivity contribution in [1.82, 2.24) is 9.80 Å². The highest BCUT2D eigenvalue weighted by molar-refractivity contribution is 7.80. The van der Waals surface area contributed by atoms with Crippen LogP contribution in [0.15, 0.2) is 0 Å². The van der Waals surface area contributed by atoms with E-state index < -0.39 is 0 Å². The molecule has 2 N–H and O–H groups in total. The summed E-state index contributed by atoms with van der Waals surface area (Å²) in [4.78, 5) is 5.39. The molecule has 0 bridgehead atoms. The third-order valence-corrected chi connectivity index (χ3v) is 3.39. The van der Waals surface area contributed by atoms with Crippen molar-refractivity contribution in [1.29, 1.82) is 0 Å². The molecule has 1 heterocycles. The molecule has 15 heavy (non-hydrogen) atoms. The predicted octanol–water partition coefficient (Wildman–Crippen LogP) is 1.08. The van der Waals surface area contributed by atoms with Crippen LogP contribution in [0.1, 0.15) is 26.2 Å². The summed E-state index contributed by atoms with van der Waals surface area (Å²) < 4.78 is 0. The Morgan fingerprint density at radius 3 is 2.73 bits per heavy atom. The van der Waals surface area contributed by atoms with Crippen molar-refractivity contribution >= 4 is 17.2 Å². The summed E-state index contributed by atoms with van der Waals surface area (Å²) in [6.45, 7) is 4.42. The van der Waals surface area contributed by atoms with E-state index in [1.807, 2.05) is 0 Å². The van der Waals surface area contributed by atoms with E-state index in [4.69, 9.17) is 18.0 Å². The molecule has 0 saturated carbocycles. The number of likely N-dealkylation sites (N-methyl/N-ethyl adjacent to an activating group) is 1. The minimum Gasteiger partial charge on any atom is -0.392 e. The van der Waals surface area contributed by atoms with Crippen LogP contribution in [0.3, 0.4) is 0 Å². The van der Waals surface area contributed by atoms with Crippen LogP contribution < -0.4 is 5.73 Å². The maximum Gasteiger partial charge on any atom is 0.0902 e. The molecule has 2 atom stereocenters. The predicted molar refractivity (Wildman–Crippen MR) is 69.1 cm³/mol. The Labute approximate surface area is 98.6 Å². The standard InChI is InChI=1S/C11H23N3S/c1-4-10(11(12)15)14-7-5-6-9(14)8-13(2)3/h9-10H,4-8H2,1-3H3,(H2,12,15). The summed E-state index contributed by atoms with van der Waals surface area (Å²) in [5.41, 5.74) is 5.80. The lowest BCUT2D eigenvalue weighted by Crippen LogP contribution is -2.48. The van der Waals surface area contributed by atoms with Gasteiger partial charge in [0.25, 0.3) is 0 Å². The first-order valence-electron chi connectivity index (χ1n) is 5.76. The zero-order chi connectivity index (χ0) is 11.4. The van der Waals surface area contributed by atoms with Gasteiger partial charge in [-0.15, -0.1) is 0 Å². The Morgan fingerprint density at radius 2 is 2.27 bits per heavy atom. The quantitative estimate of drug-likeness (QED) is 0.715. The van der Waals surface area contributed by atoms with E-state index in [0.29, 0.717) is 17.1 Å². The number of hydrogen-bond donors (Lipinski definition) is 1. The molecule has 0 aromatic heterocycles. The molecular formula is C11H23N3S. The molecule has 88 valence electrons. The van der Waals surface area contributed by atoms with E-state index in [1.54, 1.807) is 0 Å². The molecule has 1 rings (SSSR count). The molecule has 0 aliphatic carbocycles. The monoisotopic (exact) mass is 229 g/mol. The molecule has 0 radical (unpaired) electrons. The van der Waals surface area contributed by atoms with Crippen LogP contribution in [0.25, 0.3) is 0 Å². The molecule has 0 aromatic carbocycles.